The first kappa shape index (κ1) is 22.8. The summed E-state index contributed by atoms with van der Waals surface area (Å²) in [7, 11) is 0. The Morgan fingerprint density at radius 3 is 2.33 bits per heavy atom. The zero-order valence-electron chi connectivity index (χ0n) is 18.1. The van der Waals surface area contributed by atoms with Crippen molar-refractivity contribution in [2.24, 2.45) is 0 Å². The average Bonchev–Trinajstić information content (AvgIpc) is 2.78. The number of aromatic nitrogens is 1. The fourth-order valence-corrected chi connectivity index (χ4v) is 3.64. The molecular formula is C25H24F3N3O2. The van der Waals surface area contributed by atoms with Gasteiger partial charge < -0.3 is 10.1 Å². The van der Waals surface area contributed by atoms with Gasteiger partial charge in [0, 0.05) is 37.9 Å². The molecule has 172 valence electrons. The summed E-state index contributed by atoms with van der Waals surface area (Å²) < 4.78 is 44.0. The number of pyridine rings is 1. The standard InChI is InChI=1S/C25H24F3N3O2/c1-2-29-24(32)19-7-12-23(30-13-19)18-5-10-21(11-6-18)33-22-15-31(16-22)14-17-3-8-20(9-4-17)25(26,27)28/h3-13,22H,2,14-16H2,1H3,(H,29,32). The molecule has 0 saturated carbocycles. The molecule has 1 aromatic heterocycles. The van der Waals surface area contributed by atoms with E-state index in [0.29, 0.717) is 31.7 Å². The van der Waals surface area contributed by atoms with E-state index in [2.05, 4.69) is 15.2 Å². The quantitative estimate of drug-likeness (QED) is 0.557. The van der Waals surface area contributed by atoms with Crippen molar-refractivity contribution in [2.45, 2.75) is 25.7 Å². The van der Waals surface area contributed by atoms with Gasteiger partial charge in [0.05, 0.1) is 16.8 Å². The number of ether oxygens (including phenoxy) is 1. The second-order valence-electron chi connectivity index (χ2n) is 7.94. The molecule has 2 heterocycles. The Morgan fingerprint density at radius 1 is 1.06 bits per heavy atom. The molecule has 0 spiro atoms. The minimum atomic E-state index is -4.31. The number of benzene rings is 2. The van der Waals surface area contributed by atoms with Crippen LogP contribution < -0.4 is 10.1 Å². The van der Waals surface area contributed by atoms with E-state index >= 15 is 0 Å². The molecule has 0 bridgehead atoms. The number of hydrogen-bond donors (Lipinski definition) is 1. The summed E-state index contributed by atoms with van der Waals surface area (Å²) in [6, 6.07) is 16.4. The van der Waals surface area contributed by atoms with Crippen LogP contribution in [0.1, 0.15) is 28.4 Å². The predicted molar refractivity (Wildman–Crippen MR) is 119 cm³/mol. The van der Waals surface area contributed by atoms with Crippen LogP contribution in [0.15, 0.2) is 66.9 Å². The number of carbonyl (C=O) groups is 1. The van der Waals surface area contributed by atoms with Crippen molar-refractivity contribution >= 4 is 5.91 Å². The van der Waals surface area contributed by atoms with E-state index in [1.54, 1.807) is 12.3 Å². The Morgan fingerprint density at radius 2 is 1.76 bits per heavy atom. The molecule has 1 N–H and O–H groups in total. The molecule has 1 amide bonds. The molecule has 1 fully saturated rings. The highest BCUT2D eigenvalue weighted by atomic mass is 19.4. The minimum absolute atomic E-state index is 0.0415. The van der Waals surface area contributed by atoms with E-state index in [1.165, 1.54) is 12.1 Å². The summed E-state index contributed by atoms with van der Waals surface area (Å²) in [5.41, 5.74) is 2.42. The molecule has 8 heteroatoms. The summed E-state index contributed by atoms with van der Waals surface area (Å²) in [5.74, 6) is 0.602. The van der Waals surface area contributed by atoms with Crippen molar-refractivity contribution in [1.82, 2.24) is 15.2 Å². The van der Waals surface area contributed by atoms with Gasteiger partial charge in [-0.2, -0.15) is 13.2 Å². The topological polar surface area (TPSA) is 54.5 Å². The van der Waals surface area contributed by atoms with Crippen LogP contribution in [0.4, 0.5) is 13.2 Å². The van der Waals surface area contributed by atoms with Crippen molar-refractivity contribution in [1.29, 1.82) is 0 Å². The van der Waals surface area contributed by atoms with Crippen LogP contribution in [0.2, 0.25) is 0 Å². The van der Waals surface area contributed by atoms with Crippen molar-refractivity contribution in [2.75, 3.05) is 19.6 Å². The lowest BCUT2D eigenvalue weighted by Gasteiger charge is -2.39. The van der Waals surface area contributed by atoms with Crippen molar-refractivity contribution in [3.63, 3.8) is 0 Å². The highest BCUT2D eigenvalue weighted by Gasteiger charge is 2.31. The van der Waals surface area contributed by atoms with Gasteiger partial charge in [-0.1, -0.05) is 12.1 Å². The first-order chi connectivity index (χ1) is 15.8. The molecule has 0 atom stereocenters. The Hall–Kier alpha value is -3.39. The summed E-state index contributed by atoms with van der Waals surface area (Å²) >= 11 is 0. The van der Waals surface area contributed by atoms with E-state index in [1.807, 2.05) is 37.3 Å². The summed E-state index contributed by atoms with van der Waals surface area (Å²) in [4.78, 5) is 18.3. The lowest BCUT2D eigenvalue weighted by atomic mass is 10.1. The molecule has 0 aliphatic carbocycles. The number of rotatable bonds is 7. The molecule has 0 radical (unpaired) electrons. The number of carbonyl (C=O) groups excluding carboxylic acids is 1. The third-order valence-electron chi connectivity index (χ3n) is 5.43. The maximum atomic E-state index is 12.7. The second-order valence-corrected chi connectivity index (χ2v) is 7.94. The van der Waals surface area contributed by atoms with Gasteiger partial charge in [-0.3, -0.25) is 14.7 Å². The van der Waals surface area contributed by atoms with Crippen LogP contribution in [-0.2, 0) is 12.7 Å². The van der Waals surface area contributed by atoms with Crippen LogP contribution in [0, 0.1) is 0 Å². The maximum absolute atomic E-state index is 12.7. The molecule has 5 nitrogen and oxygen atoms in total. The summed E-state index contributed by atoms with van der Waals surface area (Å²) in [6.45, 7) is 4.45. The number of halogens is 3. The van der Waals surface area contributed by atoms with Crippen LogP contribution >= 0.6 is 0 Å². The van der Waals surface area contributed by atoms with Crippen molar-refractivity contribution < 1.29 is 22.7 Å². The van der Waals surface area contributed by atoms with E-state index in [-0.39, 0.29) is 12.0 Å². The number of nitrogens with one attached hydrogen (secondary N) is 1. The molecular weight excluding hydrogens is 431 g/mol. The number of amides is 1. The van der Waals surface area contributed by atoms with E-state index in [0.717, 1.165) is 34.7 Å². The lowest BCUT2D eigenvalue weighted by Crippen LogP contribution is -2.53. The summed E-state index contributed by atoms with van der Waals surface area (Å²) in [6.07, 6.45) is -2.71. The van der Waals surface area contributed by atoms with Gasteiger partial charge in [0.15, 0.2) is 0 Å². The molecule has 1 aliphatic heterocycles. The normalized spacial score (nSPS) is 14.5. The average molecular weight is 455 g/mol. The Balaban J connectivity index is 1.26. The Kier molecular flexibility index (Phi) is 6.65. The first-order valence-corrected chi connectivity index (χ1v) is 10.7. The van der Waals surface area contributed by atoms with E-state index in [4.69, 9.17) is 4.74 Å². The predicted octanol–water partition coefficient (Wildman–Crippen LogP) is 4.78. The third kappa shape index (κ3) is 5.70. The van der Waals surface area contributed by atoms with Gasteiger partial charge in [-0.05, 0) is 61.0 Å². The fraction of sp³-hybridized carbons (Fsp3) is 0.280. The Bertz CT molecular complexity index is 1080. The largest absolute Gasteiger partial charge is 0.488 e. The molecule has 1 saturated heterocycles. The number of likely N-dealkylation sites (tertiary alicyclic amines) is 1. The van der Waals surface area contributed by atoms with Crippen molar-refractivity contribution in [3.05, 3.63) is 83.6 Å². The molecule has 1 aliphatic rings. The minimum Gasteiger partial charge on any atom is -0.488 e. The van der Waals surface area contributed by atoms with Gasteiger partial charge in [0.25, 0.3) is 5.91 Å². The second kappa shape index (κ2) is 9.62. The maximum Gasteiger partial charge on any atom is 0.416 e. The first-order valence-electron chi connectivity index (χ1n) is 10.7. The zero-order valence-corrected chi connectivity index (χ0v) is 18.1. The van der Waals surface area contributed by atoms with Crippen LogP contribution in [0.5, 0.6) is 5.75 Å². The van der Waals surface area contributed by atoms with Gasteiger partial charge in [-0.15, -0.1) is 0 Å². The molecule has 33 heavy (non-hydrogen) atoms. The molecule has 3 aromatic rings. The van der Waals surface area contributed by atoms with Gasteiger partial charge >= 0.3 is 6.18 Å². The highest BCUT2D eigenvalue weighted by molar-refractivity contribution is 5.94. The number of hydrogen-bond acceptors (Lipinski definition) is 4. The smallest absolute Gasteiger partial charge is 0.416 e. The zero-order chi connectivity index (χ0) is 23.4. The SMILES string of the molecule is CCNC(=O)c1ccc(-c2ccc(OC3CN(Cc4ccc(C(F)(F)F)cc4)C3)cc2)nc1. The highest BCUT2D eigenvalue weighted by Crippen LogP contribution is 2.29. The third-order valence-corrected chi connectivity index (χ3v) is 5.43. The molecule has 0 unspecified atom stereocenters. The molecule has 2 aromatic carbocycles. The lowest BCUT2D eigenvalue weighted by molar-refractivity contribution is -0.137. The number of nitrogens with zero attached hydrogens (tertiary/aromatic N) is 2. The fourth-order valence-electron chi connectivity index (χ4n) is 3.64. The summed E-state index contributed by atoms with van der Waals surface area (Å²) in [5, 5.41) is 2.74. The van der Waals surface area contributed by atoms with Crippen molar-refractivity contribution in [3.8, 4) is 17.0 Å². The molecule has 4 rings (SSSR count). The van der Waals surface area contributed by atoms with Crippen LogP contribution in [-0.4, -0.2) is 41.5 Å². The van der Waals surface area contributed by atoms with E-state index < -0.39 is 11.7 Å². The van der Waals surface area contributed by atoms with Gasteiger partial charge in [0.2, 0.25) is 0 Å². The van der Waals surface area contributed by atoms with Gasteiger partial charge in [0.1, 0.15) is 11.9 Å². The van der Waals surface area contributed by atoms with Crippen LogP contribution in [0.25, 0.3) is 11.3 Å². The monoisotopic (exact) mass is 455 g/mol. The Labute approximate surface area is 190 Å². The van der Waals surface area contributed by atoms with E-state index in [9.17, 15) is 18.0 Å². The van der Waals surface area contributed by atoms with Crippen LogP contribution in [0.3, 0.4) is 0 Å². The van der Waals surface area contributed by atoms with Gasteiger partial charge in [-0.25, -0.2) is 0 Å². The number of alkyl halides is 3.